The predicted octanol–water partition coefficient (Wildman–Crippen LogP) is 3.04. The third kappa shape index (κ3) is 5.99. The monoisotopic (exact) mass is 486 g/mol. The molecule has 1 aromatic carbocycles. The van der Waals surface area contributed by atoms with E-state index in [1.54, 1.807) is 4.90 Å². The SMILES string of the molecule is Cc1cccc(CCNC2=NCC3CN(C(=O)OC(C)(C)C)CCN23)c1.I. The molecule has 0 spiro atoms. The molecule has 6 nitrogen and oxygen atoms in total. The molecule has 0 aliphatic carbocycles. The molecule has 1 N–H and O–H groups in total. The quantitative estimate of drug-likeness (QED) is 0.668. The lowest BCUT2D eigenvalue weighted by Crippen LogP contribution is -2.57. The van der Waals surface area contributed by atoms with Crippen LogP contribution in [0.15, 0.2) is 29.3 Å². The van der Waals surface area contributed by atoms with Crippen LogP contribution in [0.3, 0.4) is 0 Å². The molecular weight excluding hydrogens is 455 g/mol. The largest absolute Gasteiger partial charge is 0.444 e. The molecule has 150 valence electrons. The summed E-state index contributed by atoms with van der Waals surface area (Å²) in [7, 11) is 0. The van der Waals surface area contributed by atoms with E-state index in [4.69, 9.17) is 4.74 Å². The average Bonchev–Trinajstić information content (AvgIpc) is 2.96. The number of aryl methyl sites for hydroxylation is 1. The lowest BCUT2D eigenvalue weighted by atomic mass is 10.1. The van der Waals surface area contributed by atoms with Crippen molar-refractivity contribution in [2.75, 3.05) is 32.7 Å². The van der Waals surface area contributed by atoms with Gasteiger partial charge in [-0.3, -0.25) is 4.99 Å². The van der Waals surface area contributed by atoms with Crippen molar-refractivity contribution in [2.24, 2.45) is 4.99 Å². The van der Waals surface area contributed by atoms with Crippen LogP contribution in [-0.4, -0.2) is 66.2 Å². The second-order valence-electron chi connectivity index (χ2n) is 8.10. The van der Waals surface area contributed by atoms with Crippen molar-refractivity contribution in [1.82, 2.24) is 15.1 Å². The minimum atomic E-state index is -0.455. The van der Waals surface area contributed by atoms with Crippen molar-refractivity contribution in [3.8, 4) is 0 Å². The third-order valence-electron chi connectivity index (χ3n) is 4.64. The highest BCUT2D eigenvalue weighted by Crippen LogP contribution is 2.18. The van der Waals surface area contributed by atoms with Crippen LogP contribution in [0.1, 0.15) is 31.9 Å². The van der Waals surface area contributed by atoms with Crippen molar-refractivity contribution < 1.29 is 9.53 Å². The number of piperazine rings is 1. The number of hydrogen-bond donors (Lipinski definition) is 1. The van der Waals surface area contributed by atoms with Crippen LogP contribution in [0, 0.1) is 6.92 Å². The van der Waals surface area contributed by atoms with Crippen LogP contribution in [0.5, 0.6) is 0 Å². The molecule has 27 heavy (non-hydrogen) atoms. The van der Waals surface area contributed by atoms with E-state index < -0.39 is 5.60 Å². The van der Waals surface area contributed by atoms with E-state index in [1.165, 1.54) is 11.1 Å². The second kappa shape index (κ2) is 9.12. The number of amides is 1. The lowest BCUT2D eigenvalue weighted by molar-refractivity contribution is 0.0137. The van der Waals surface area contributed by atoms with Gasteiger partial charge in [-0.1, -0.05) is 29.8 Å². The summed E-state index contributed by atoms with van der Waals surface area (Å²) < 4.78 is 5.49. The summed E-state index contributed by atoms with van der Waals surface area (Å²) in [5.74, 6) is 0.964. The molecule has 1 aromatic rings. The number of aliphatic imine (C=N–C) groups is 1. The molecule has 7 heteroatoms. The van der Waals surface area contributed by atoms with Crippen LogP contribution in [-0.2, 0) is 11.2 Å². The highest BCUT2D eigenvalue weighted by molar-refractivity contribution is 14.0. The lowest BCUT2D eigenvalue weighted by Gasteiger charge is -2.39. The zero-order valence-corrected chi connectivity index (χ0v) is 19.0. The van der Waals surface area contributed by atoms with Gasteiger partial charge in [-0.2, -0.15) is 0 Å². The van der Waals surface area contributed by atoms with Gasteiger partial charge in [-0.15, -0.1) is 24.0 Å². The number of ether oxygens (including phenoxy) is 1. The van der Waals surface area contributed by atoms with E-state index in [1.807, 2.05) is 20.8 Å². The standard InChI is InChI=1S/C20H30N4O2.HI/c1-15-6-5-7-16(12-15)8-9-21-18-22-13-17-14-23(10-11-24(17)18)19(25)26-20(2,3)4;/h5-7,12,17H,8-11,13-14H2,1-4H3,(H,21,22);1H. The number of halogens is 1. The Bertz CT molecular complexity index is 687. The average molecular weight is 486 g/mol. The van der Waals surface area contributed by atoms with Gasteiger partial charge >= 0.3 is 6.09 Å². The molecule has 1 fully saturated rings. The van der Waals surface area contributed by atoms with Crippen molar-refractivity contribution in [3.63, 3.8) is 0 Å². The second-order valence-corrected chi connectivity index (χ2v) is 8.10. The molecule has 1 atom stereocenters. The molecule has 0 saturated carbocycles. The van der Waals surface area contributed by atoms with Crippen LogP contribution in [0.25, 0.3) is 0 Å². The zero-order chi connectivity index (χ0) is 18.7. The normalized spacial score (nSPS) is 19.1. The van der Waals surface area contributed by atoms with E-state index in [0.29, 0.717) is 13.1 Å². The van der Waals surface area contributed by atoms with Gasteiger partial charge in [0.25, 0.3) is 0 Å². The number of guanidine groups is 1. The van der Waals surface area contributed by atoms with Crippen LogP contribution < -0.4 is 5.32 Å². The predicted molar refractivity (Wildman–Crippen MR) is 119 cm³/mol. The maximum absolute atomic E-state index is 12.3. The van der Waals surface area contributed by atoms with E-state index in [9.17, 15) is 4.79 Å². The van der Waals surface area contributed by atoms with E-state index in [-0.39, 0.29) is 36.1 Å². The first-order valence-corrected chi connectivity index (χ1v) is 9.40. The minimum absolute atomic E-state index is 0. The van der Waals surface area contributed by atoms with Gasteiger partial charge in [0.05, 0.1) is 12.6 Å². The van der Waals surface area contributed by atoms with Crippen molar-refractivity contribution in [1.29, 1.82) is 0 Å². The van der Waals surface area contributed by atoms with Crippen LogP contribution in [0.2, 0.25) is 0 Å². The third-order valence-corrected chi connectivity index (χ3v) is 4.64. The fourth-order valence-corrected chi connectivity index (χ4v) is 3.41. The summed E-state index contributed by atoms with van der Waals surface area (Å²) in [6, 6.07) is 8.85. The van der Waals surface area contributed by atoms with E-state index >= 15 is 0 Å². The number of benzene rings is 1. The summed E-state index contributed by atoms with van der Waals surface area (Å²) >= 11 is 0. The van der Waals surface area contributed by atoms with E-state index in [2.05, 4.69) is 46.4 Å². The molecule has 2 aliphatic heterocycles. The Morgan fingerprint density at radius 1 is 1.33 bits per heavy atom. The molecule has 1 unspecified atom stereocenters. The molecular formula is C20H31IN4O2. The minimum Gasteiger partial charge on any atom is -0.444 e. The van der Waals surface area contributed by atoms with Gasteiger partial charge in [-0.25, -0.2) is 4.79 Å². The number of hydrogen-bond acceptors (Lipinski definition) is 5. The first kappa shape index (κ1) is 21.8. The molecule has 2 heterocycles. The fraction of sp³-hybridized carbons (Fsp3) is 0.600. The summed E-state index contributed by atoms with van der Waals surface area (Å²) in [6.45, 7) is 11.5. The van der Waals surface area contributed by atoms with Gasteiger partial charge in [-0.05, 0) is 39.7 Å². The number of nitrogens with zero attached hydrogens (tertiary/aromatic N) is 3. The maximum Gasteiger partial charge on any atom is 0.410 e. The number of rotatable bonds is 3. The number of fused-ring (bicyclic) bond motifs is 1. The number of carbonyl (C=O) groups excluding carboxylic acids is 1. The highest BCUT2D eigenvalue weighted by atomic mass is 127. The Kier molecular flexibility index (Phi) is 7.36. The highest BCUT2D eigenvalue weighted by Gasteiger charge is 2.36. The Balaban J connectivity index is 0.00000261. The first-order chi connectivity index (χ1) is 12.3. The zero-order valence-electron chi connectivity index (χ0n) is 16.7. The molecule has 0 radical (unpaired) electrons. The molecule has 2 aliphatic rings. The van der Waals surface area contributed by atoms with Gasteiger partial charge in [0.2, 0.25) is 0 Å². The Hall–Kier alpha value is -1.51. The van der Waals surface area contributed by atoms with Gasteiger partial charge in [0.15, 0.2) is 5.96 Å². The molecule has 0 bridgehead atoms. The molecule has 1 amide bonds. The Morgan fingerprint density at radius 3 is 2.81 bits per heavy atom. The fourth-order valence-electron chi connectivity index (χ4n) is 3.41. The number of nitrogens with one attached hydrogen (secondary N) is 1. The van der Waals surface area contributed by atoms with Crippen molar-refractivity contribution >= 4 is 36.0 Å². The Morgan fingerprint density at radius 2 is 2.11 bits per heavy atom. The van der Waals surface area contributed by atoms with Gasteiger partial charge in [0, 0.05) is 26.2 Å². The molecule has 3 rings (SSSR count). The summed E-state index contributed by atoms with van der Waals surface area (Å²) in [6.07, 6.45) is 0.751. The Labute approximate surface area is 179 Å². The molecule has 1 saturated heterocycles. The summed E-state index contributed by atoms with van der Waals surface area (Å²) in [5, 5.41) is 3.47. The van der Waals surface area contributed by atoms with Crippen LogP contribution >= 0.6 is 24.0 Å². The van der Waals surface area contributed by atoms with Gasteiger partial charge < -0.3 is 19.9 Å². The smallest absolute Gasteiger partial charge is 0.410 e. The van der Waals surface area contributed by atoms with Crippen molar-refractivity contribution in [3.05, 3.63) is 35.4 Å². The van der Waals surface area contributed by atoms with Crippen molar-refractivity contribution in [2.45, 2.75) is 45.8 Å². The van der Waals surface area contributed by atoms with Gasteiger partial charge in [0.1, 0.15) is 5.60 Å². The number of carbonyl (C=O) groups is 1. The molecule has 0 aromatic heterocycles. The first-order valence-electron chi connectivity index (χ1n) is 9.40. The van der Waals surface area contributed by atoms with Crippen LogP contribution in [0.4, 0.5) is 4.79 Å². The maximum atomic E-state index is 12.3. The summed E-state index contributed by atoms with van der Waals surface area (Å²) in [4.78, 5) is 21.0. The summed E-state index contributed by atoms with van der Waals surface area (Å²) in [5.41, 5.74) is 2.17. The van der Waals surface area contributed by atoms with E-state index in [0.717, 1.165) is 32.0 Å². The topological polar surface area (TPSA) is 57.2 Å².